The molecular formula is C30H36ClN3O4S. The Kier molecular flexibility index (Phi) is 10.5. The Morgan fingerprint density at radius 1 is 0.897 bits per heavy atom. The first-order chi connectivity index (χ1) is 18.6. The van der Waals surface area contributed by atoms with Crippen LogP contribution in [0.2, 0.25) is 5.02 Å². The zero-order chi connectivity index (χ0) is 28.6. The summed E-state index contributed by atoms with van der Waals surface area (Å²) < 4.78 is 28.8. The molecule has 208 valence electrons. The van der Waals surface area contributed by atoms with Crippen LogP contribution >= 0.6 is 11.6 Å². The third kappa shape index (κ3) is 7.61. The van der Waals surface area contributed by atoms with Gasteiger partial charge in [-0.2, -0.15) is 0 Å². The van der Waals surface area contributed by atoms with E-state index >= 15 is 0 Å². The zero-order valence-electron chi connectivity index (χ0n) is 22.8. The van der Waals surface area contributed by atoms with E-state index < -0.39 is 28.5 Å². The molecule has 0 aliphatic heterocycles. The molecular weight excluding hydrogens is 534 g/mol. The molecule has 0 spiro atoms. The number of nitrogens with one attached hydrogen (secondary N) is 1. The van der Waals surface area contributed by atoms with E-state index in [1.807, 2.05) is 58.0 Å². The Morgan fingerprint density at radius 2 is 1.51 bits per heavy atom. The van der Waals surface area contributed by atoms with Crippen molar-refractivity contribution in [3.63, 3.8) is 0 Å². The number of carbonyl (C=O) groups excluding carboxylic acids is 2. The van der Waals surface area contributed by atoms with Crippen molar-refractivity contribution in [1.82, 2.24) is 10.2 Å². The molecule has 2 atom stereocenters. The third-order valence-corrected chi connectivity index (χ3v) is 8.69. The van der Waals surface area contributed by atoms with Crippen LogP contribution in [0.5, 0.6) is 0 Å². The Balaban J connectivity index is 2.05. The normalized spacial score (nSPS) is 12.8. The molecule has 0 heterocycles. The first-order valence-corrected chi connectivity index (χ1v) is 14.9. The van der Waals surface area contributed by atoms with E-state index in [2.05, 4.69) is 5.32 Å². The highest BCUT2D eigenvalue weighted by Gasteiger charge is 2.34. The molecule has 0 bridgehead atoms. The van der Waals surface area contributed by atoms with Crippen LogP contribution in [0.4, 0.5) is 5.69 Å². The van der Waals surface area contributed by atoms with Gasteiger partial charge in [-0.25, -0.2) is 8.42 Å². The molecule has 7 nitrogen and oxygen atoms in total. The van der Waals surface area contributed by atoms with Gasteiger partial charge in [0.25, 0.3) is 10.0 Å². The lowest BCUT2D eigenvalue weighted by Gasteiger charge is -2.34. The molecule has 9 heteroatoms. The van der Waals surface area contributed by atoms with E-state index in [-0.39, 0.29) is 34.1 Å². The largest absolute Gasteiger partial charge is 0.352 e. The molecule has 3 rings (SSSR count). The van der Waals surface area contributed by atoms with Crippen molar-refractivity contribution in [3.8, 4) is 0 Å². The van der Waals surface area contributed by atoms with E-state index in [9.17, 15) is 18.0 Å². The van der Waals surface area contributed by atoms with Crippen LogP contribution in [0.3, 0.4) is 0 Å². The molecule has 0 aliphatic carbocycles. The van der Waals surface area contributed by atoms with Crippen molar-refractivity contribution in [1.29, 1.82) is 0 Å². The molecule has 0 saturated carbocycles. The zero-order valence-corrected chi connectivity index (χ0v) is 24.4. The van der Waals surface area contributed by atoms with Crippen molar-refractivity contribution in [2.45, 2.75) is 64.1 Å². The monoisotopic (exact) mass is 569 g/mol. The standard InChI is InChI=1S/C30H36ClN3O4S/c1-5-23(4)32-30(36)27(6-2)33(20-24-12-8-7-9-13-24)29(35)21-34(28-15-11-10-14-26(28)31)39(37,38)25-18-16-22(3)17-19-25/h7-19,23,27H,5-6,20-21H2,1-4H3,(H,32,36)/t23-,27-/m1/s1. The first kappa shape index (κ1) is 30.2. The van der Waals surface area contributed by atoms with E-state index in [0.29, 0.717) is 6.42 Å². The summed E-state index contributed by atoms with van der Waals surface area (Å²) in [5.74, 6) is -0.789. The van der Waals surface area contributed by atoms with Crippen molar-refractivity contribution < 1.29 is 18.0 Å². The molecule has 0 fully saturated rings. The Hall–Kier alpha value is -3.36. The maximum Gasteiger partial charge on any atom is 0.264 e. The number of halogens is 1. The molecule has 3 aromatic carbocycles. The van der Waals surface area contributed by atoms with Gasteiger partial charge in [0, 0.05) is 12.6 Å². The number of hydrogen-bond acceptors (Lipinski definition) is 4. The van der Waals surface area contributed by atoms with Crippen molar-refractivity contribution in [2.24, 2.45) is 0 Å². The molecule has 0 aliphatic rings. The number of rotatable bonds is 12. The quantitative estimate of drug-likeness (QED) is 0.309. The summed E-state index contributed by atoms with van der Waals surface area (Å²) in [5, 5.41) is 3.16. The lowest BCUT2D eigenvalue weighted by atomic mass is 10.1. The Labute approximate surface area is 236 Å². The van der Waals surface area contributed by atoms with Crippen molar-refractivity contribution in [2.75, 3.05) is 10.8 Å². The second-order valence-corrected chi connectivity index (χ2v) is 11.8. The van der Waals surface area contributed by atoms with E-state index in [1.54, 1.807) is 36.4 Å². The van der Waals surface area contributed by atoms with Gasteiger partial charge in [0.15, 0.2) is 0 Å². The summed E-state index contributed by atoms with van der Waals surface area (Å²) in [7, 11) is -4.17. The highest BCUT2D eigenvalue weighted by molar-refractivity contribution is 7.92. The maximum absolute atomic E-state index is 14.0. The highest BCUT2D eigenvalue weighted by atomic mass is 35.5. The SMILES string of the molecule is CC[C@@H](C)NC(=O)[C@@H](CC)N(Cc1ccccc1)C(=O)CN(c1ccccc1Cl)S(=O)(=O)c1ccc(C)cc1. The predicted molar refractivity (Wildman–Crippen MR) is 156 cm³/mol. The number of hydrogen-bond donors (Lipinski definition) is 1. The second kappa shape index (κ2) is 13.6. The second-order valence-electron chi connectivity index (χ2n) is 9.53. The number of aryl methyl sites for hydroxylation is 1. The van der Waals surface area contributed by atoms with Crippen LogP contribution in [0.1, 0.15) is 44.7 Å². The molecule has 39 heavy (non-hydrogen) atoms. The van der Waals surface area contributed by atoms with E-state index in [4.69, 9.17) is 11.6 Å². The van der Waals surface area contributed by atoms with Crippen molar-refractivity contribution in [3.05, 3.63) is 95.0 Å². The lowest BCUT2D eigenvalue weighted by molar-refractivity contribution is -0.140. The fourth-order valence-electron chi connectivity index (χ4n) is 4.15. The number of anilines is 1. The first-order valence-electron chi connectivity index (χ1n) is 13.1. The van der Waals surface area contributed by atoms with Crippen LogP contribution < -0.4 is 9.62 Å². The summed E-state index contributed by atoms with van der Waals surface area (Å²) in [6.07, 6.45) is 1.10. The van der Waals surface area contributed by atoms with Crippen LogP contribution in [0.25, 0.3) is 0 Å². The summed E-state index contributed by atoms with van der Waals surface area (Å²) in [6.45, 7) is 7.19. The van der Waals surface area contributed by atoms with Gasteiger partial charge in [-0.15, -0.1) is 0 Å². The van der Waals surface area contributed by atoms with Gasteiger partial charge in [-0.05, 0) is 56.5 Å². The Morgan fingerprint density at radius 3 is 2.10 bits per heavy atom. The van der Waals surface area contributed by atoms with Gasteiger partial charge < -0.3 is 10.2 Å². The molecule has 0 aromatic heterocycles. The van der Waals surface area contributed by atoms with Crippen molar-refractivity contribution >= 4 is 39.1 Å². The number of benzene rings is 3. The Bertz CT molecular complexity index is 1360. The van der Waals surface area contributed by atoms with Crippen LogP contribution in [0.15, 0.2) is 83.8 Å². The predicted octanol–water partition coefficient (Wildman–Crippen LogP) is 5.57. The molecule has 2 amide bonds. The summed E-state index contributed by atoms with van der Waals surface area (Å²) in [5.41, 5.74) is 1.91. The van der Waals surface area contributed by atoms with Gasteiger partial charge in [0.05, 0.1) is 15.6 Å². The fourth-order valence-corrected chi connectivity index (χ4v) is 5.87. The molecule has 0 radical (unpaired) electrons. The number of amides is 2. The molecule has 3 aromatic rings. The number of para-hydroxylation sites is 1. The van der Waals surface area contributed by atoms with Crippen LogP contribution in [0, 0.1) is 6.92 Å². The molecule has 0 unspecified atom stereocenters. The minimum absolute atomic E-state index is 0.0389. The van der Waals surface area contributed by atoms with Gasteiger partial charge in [0.1, 0.15) is 12.6 Å². The van der Waals surface area contributed by atoms with Crippen LogP contribution in [-0.4, -0.2) is 43.8 Å². The topological polar surface area (TPSA) is 86.8 Å². The number of sulfonamides is 1. The average molecular weight is 570 g/mol. The lowest BCUT2D eigenvalue weighted by Crippen LogP contribution is -2.53. The minimum atomic E-state index is -4.17. The average Bonchev–Trinajstić information content (AvgIpc) is 2.92. The van der Waals surface area contributed by atoms with Gasteiger partial charge in [-0.1, -0.05) is 85.6 Å². The third-order valence-electron chi connectivity index (χ3n) is 6.59. The smallest absolute Gasteiger partial charge is 0.264 e. The summed E-state index contributed by atoms with van der Waals surface area (Å²) >= 11 is 6.45. The highest BCUT2D eigenvalue weighted by Crippen LogP contribution is 2.31. The van der Waals surface area contributed by atoms with Gasteiger partial charge in [0.2, 0.25) is 11.8 Å². The minimum Gasteiger partial charge on any atom is -0.352 e. The number of nitrogens with zero attached hydrogens (tertiary/aromatic N) is 2. The molecule has 0 saturated heterocycles. The summed E-state index contributed by atoms with van der Waals surface area (Å²) in [4.78, 5) is 28.8. The van der Waals surface area contributed by atoms with E-state index in [1.165, 1.54) is 17.0 Å². The molecule has 1 N–H and O–H groups in total. The van der Waals surface area contributed by atoms with Crippen LogP contribution in [-0.2, 0) is 26.2 Å². The summed E-state index contributed by atoms with van der Waals surface area (Å²) in [6, 6.07) is 21.4. The van der Waals surface area contributed by atoms with Gasteiger partial charge >= 0.3 is 0 Å². The van der Waals surface area contributed by atoms with E-state index in [0.717, 1.165) is 21.9 Å². The fraction of sp³-hybridized carbons (Fsp3) is 0.333. The van der Waals surface area contributed by atoms with Gasteiger partial charge in [-0.3, -0.25) is 13.9 Å². The number of carbonyl (C=O) groups is 2. The maximum atomic E-state index is 14.0.